The minimum Gasteiger partial charge on any atom is -0.493 e. The van der Waals surface area contributed by atoms with Gasteiger partial charge in [-0.15, -0.1) is 0 Å². The molecule has 0 aliphatic carbocycles. The van der Waals surface area contributed by atoms with Crippen LogP contribution in [0.2, 0.25) is 0 Å². The van der Waals surface area contributed by atoms with Gasteiger partial charge in [0.1, 0.15) is 0 Å². The van der Waals surface area contributed by atoms with E-state index in [0.717, 1.165) is 91.2 Å². The van der Waals surface area contributed by atoms with Crippen LogP contribution in [-0.4, -0.2) is 216 Å². The number of rotatable bonds is 20. The molecule has 115 heavy (non-hydrogen) atoms. The average Bonchev–Trinajstić information content (AvgIpc) is 0.631. The molecule has 10 heterocycles. The lowest BCUT2D eigenvalue weighted by molar-refractivity contribution is -0.0192. The Morgan fingerprint density at radius 3 is 0.713 bits per heavy atom. The fourth-order valence-electron chi connectivity index (χ4n) is 11.9. The minimum atomic E-state index is -4.54. The van der Waals surface area contributed by atoms with Gasteiger partial charge in [-0.05, 0) is 271 Å². The Bertz CT molecular complexity index is 7710. The van der Waals surface area contributed by atoms with Crippen molar-refractivity contribution in [2.75, 3.05) is 136 Å². The van der Waals surface area contributed by atoms with Gasteiger partial charge < -0.3 is 72.9 Å². The first-order valence-corrected chi connectivity index (χ1v) is 34.8. The van der Waals surface area contributed by atoms with Crippen molar-refractivity contribution in [2.45, 2.75) is 225 Å². The van der Waals surface area contributed by atoms with Crippen LogP contribution < -0.4 is 47.4 Å². The Labute approximate surface area is 800 Å². The Morgan fingerprint density at radius 1 is 0.330 bits per heavy atom. The zero-order valence-electron chi connectivity index (χ0n) is 144. The summed E-state index contributed by atoms with van der Waals surface area (Å²) in [4.78, 5) is -1.45. The lowest BCUT2D eigenvalue weighted by atomic mass is 9.79. The van der Waals surface area contributed by atoms with Crippen LogP contribution in [0.25, 0.3) is 0 Å². The Hall–Kier alpha value is -6.30. The molecule has 18 unspecified atom stereocenters. The van der Waals surface area contributed by atoms with E-state index in [1.54, 1.807) is 13.8 Å². The molecule has 0 radical (unpaired) electrons. The molecule has 0 aromatic heterocycles. The zero-order chi connectivity index (χ0) is 153. The van der Waals surface area contributed by atoms with Crippen LogP contribution in [0.3, 0.4) is 0 Å². The van der Waals surface area contributed by atoms with Crippen molar-refractivity contribution in [1.82, 2.24) is 24.5 Å². The van der Waals surface area contributed by atoms with Crippen LogP contribution in [0.4, 0.5) is 0 Å². The molecule has 5 aromatic carbocycles. The monoisotopic (exact) mass is 1680 g/mol. The lowest BCUT2D eigenvalue weighted by Crippen LogP contribution is -2.48. The second-order valence-electron chi connectivity index (χ2n) is 26.1. The van der Waals surface area contributed by atoms with E-state index in [2.05, 4.69) is 0 Å². The van der Waals surface area contributed by atoms with E-state index in [1.807, 2.05) is 0 Å². The molecule has 20 heteroatoms. The van der Waals surface area contributed by atoms with E-state index in [1.165, 1.54) is 28.1 Å². The van der Waals surface area contributed by atoms with E-state index < -0.39 is 402 Å². The third kappa shape index (κ3) is 21.1. The van der Waals surface area contributed by atoms with Crippen molar-refractivity contribution in [3.05, 3.63) is 116 Å². The number of hydrogen-bond acceptors (Lipinski definition) is 20. The zero-order valence-corrected chi connectivity index (χ0v) is 64.9. The normalized spacial score (nSPS) is 58.4. The highest BCUT2D eigenvalue weighted by Crippen LogP contribution is 2.50. The molecule has 5 saturated heterocycles. The molecule has 5 fully saturated rings. The Balaban J connectivity index is 0.000000224. The molecule has 20 nitrogen and oxygen atoms in total. The fourth-order valence-corrected chi connectivity index (χ4v) is 11.9. The van der Waals surface area contributed by atoms with E-state index in [0.29, 0.717) is 32.9 Å². The third-order valence-corrected chi connectivity index (χ3v) is 17.1. The van der Waals surface area contributed by atoms with Crippen LogP contribution in [0.5, 0.6) is 57.5 Å². The number of nitrogens with zero attached hydrogens (tertiary/aromatic N) is 5. The van der Waals surface area contributed by atoms with Gasteiger partial charge in [0.05, 0.1) is 123 Å². The highest BCUT2D eigenvalue weighted by atomic mass is 16.5. The molecule has 18 atom stereocenters. The third-order valence-electron chi connectivity index (χ3n) is 17.1. The number of benzene rings is 5. The van der Waals surface area contributed by atoms with Gasteiger partial charge in [0.15, 0.2) is 57.5 Å². The number of methoxy groups -OCH3 is 10. The number of hydrogen-bond donors (Lipinski definition) is 5. The van der Waals surface area contributed by atoms with Crippen molar-refractivity contribution in [3.63, 3.8) is 0 Å². The summed E-state index contributed by atoms with van der Waals surface area (Å²) in [7, 11) is 2.81. The Kier molecular flexibility index (Phi) is 11.4. The molecule has 10 aliphatic heterocycles. The molecule has 640 valence electrons. The van der Waals surface area contributed by atoms with Gasteiger partial charge >= 0.3 is 0 Å². The molecule has 0 spiro atoms. The van der Waals surface area contributed by atoms with Gasteiger partial charge in [-0.3, -0.25) is 24.5 Å². The summed E-state index contributed by atoms with van der Waals surface area (Å²) >= 11 is 0. The maximum Gasteiger partial charge on any atom is 0.161 e. The average molecular weight is 1680 g/mol. The fraction of sp³-hybridized carbons (Fsp3) is 0.684. The maximum absolute atomic E-state index is 11.5. The molecule has 0 amide bonds. The van der Waals surface area contributed by atoms with Crippen molar-refractivity contribution >= 4 is 0 Å². The number of piperidine rings is 5. The number of fused-ring (bicyclic) bond motifs is 15. The van der Waals surface area contributed by atoms with Crippen LogP contribution in [0.1, 0.15) is 327 Å². The largest absolute Gasteiger partial charge is 0.493 e. The predicted molar refractivity (Wildman–Crippen MR) is 456 cm³/mol. The number of ether oxygens (including phenoxy) is 10. The van der Waals surface area contributed by atoms with Gasteiger partial charge in [0.2, 0.25) is 0 Å². The van der Waals surface area contributed by atoms with E-state index in [4.69, 9.17) is 149 Å². The summed E-state index contributed by atoms with van der Waals surface area (Å²) < 4.78 is 722. The maximum atomic E-state index is 11.5. The number of aryl methyl sites for hydroxylation is 5. The number of aliphatic hydroxyl groups is 5. The Morgan fingerprint density at radius 2 is 0.522 bits per heavy atom. The second-order valence-corrected chi connectivity index (χ2v) is 26.1. The van der Waals surface area contributed by atoms with Crippen LogP contribution in [-0.2, 0) is 31.9 Å². The summed E-state index contributed by atoms with van der Waals surface area (Å²) in [6.45, 7) is -41.8. The molecule has 10 aliphatic rings. The first-order valence-electron chi connectivity index (χ1n) is 74.3. The molecule has 0 saturated carbocycles. The van der Waals surface area contributed by atoms with E-state index in [9.17, 15) is 32.4 Å². The topological polar surface area (TPSA) is 210 Å². The summed E-state index contributed by atoms with van der Waals surface area (Å²) in [5, 5.41) is 56.7. The van der Waals surface area contributed by atoms with E-state index in [-0.39, 0.29) is 50.0 Å². The molecule has 0 bridgehead atoms. The smallest absolute Gasteiger partial charge is 0.161 e. The highest BCUT2D eigenvalue weighted by Gasteiger charge is 2.45. The summed E-state index contributed by atoms with van der Waals surface area (Å²) in [6.07, 6.45) is -70.4. The van der Waals surface area contributed by atoms with Crippen LogP contribution >= 0.6 is 0 Å². The second kappa shape index (κ2) is 40.6. The SMILES string of the molecule is [2H]C([2H])([2H])C([2H])(C)C([2H])([2H])C1([2H])C([2H])([2H])N2C([2H])([2H])C([2H])([2H])c3cc(OC)c(OC)cc3C2([2H])C([2H])([2H])C1([2H])O.[2H]C([2H])([2H])C([2H])(C)C([2H])([2H])C1([2H])C([2H])([2H])N2C([2H])([2H])C([2H])([2H])c3cc(OC)c(OC)cc3C2([2H])C([2H])([2H])C1([2H])O.[2H]C([2H])([2H])Oc1cc2c(cc1OC)C([2H])([2H])C([2H])([2H])N1C([2H])([2H])C([2H])(C([2H])([2H])C([2H])(C)C([2H])([2H])[2H])C([2H])(O)C([2H])([2H])C21[2H].[2H]C([2H])([2H])Oc1cc2c(cc1OC)C([2H])([2H])C([2H])([2H])N1C([2H])([2H])C([2H])(CC(C)C)C([2H])(O)C([2H])([2H])C21[2H].[2H]C1([2H])c2cc(OC)c(OC)cc2C2([2H])N(C1([2H])[2H])C([2H])([2H])C([2H])(CC(C)C)C([2H])(O)C2([2H])[2H]. The minimum absolute atomic E-state index is 0.0341. The van der Waals surface area contributed by atoms with Crippen molar-refractivity contribution in [2.24, 2.45) is 59.0 Å². The standard InChI is InChI=1S/5C19H29NO3/c5*1-12(2)7-14-11-20-6-5-13-8-18(22-3)19(23-4)9-15(13)16(20)10-17(14)21/h5*8-9,12,14,16-17,21H,5-7,10-11H2,1-4H3/i1D3,4D3,5D2,6D2,7D2,10D2,11D2,12D,14D,16D,17D;2*1D3,5D2,6D2,7D2,10D2,11D2,12D,14D,16D,17D;4D3,5D2,6D2,10D2,11D2,14D,16D,17D;5D2,6D2,10D2,11D2,14D,16D,17D. The summed E-state index contributed by atoms with van der Waals surface area (Å²) in [5.41, 5.74) is -7.73. The van der Waals surface area contributed by atoms with Crippen LogP contribution in [0.15, 0.2) is 60.7 Å². The first kappa shape index (κ1) is 32.3. The molecule has 5 N–H and O–H groups in total. The molecular formula is C95H145N5O15. The predicted octanol–water partition coefficient (Wildman–Crippen LogP) is 15.1. The van der Waals surface area contributed by atoms with Gasteiger partial charge in [0.25, 0.3) is 0 Å². The first-order chi connectivity index (χ1) is 85.0. The van der Waals surface area contributed by atoms with Gasteiger partial charge in [-0.1, -0.05) is 69.0 Å². The quantitative estimate of drug-likeness (QED) is 0.0491. The lowest BCUT2D eigenvalue weighted by Gasteiger charge is -2.46. The summed E-state index contributed by atoms with van der Waals surface area (Å²) in [6, 6.07) is -9.41. The van der Waals surface area contributed by atoms with Crippen molar-refractivity contribution < 1.29 is 181 Å². The van der Waals surface area contributed by atoms with Crippen molar-refractivity contribution in [3.8, 4) is 57.5 Å². The summed E-state index contributed by atoms with van der Waals surface area (Å²) in [5.74, 6) is -34.5. The van der Waals surface area contributed by atoms with E-state index >= 15 is 0 Å². The molecule has 15 rings (SSSR count). The van der Waals surface area contributed by atoms with Gasteiger partial charge in [-0.2, -0.15) is 0 Å². The van der Waals surface area contributed by atoms with Gasteiger partial charge in [-0.25, -0.2) is 0 Å². The molecular weight excluding hydrogens is 1450 g/mol. The van der Waals surface area contributed by atoms with Gasteiger partial charge in [0, 0.05) is 181 Å². The highest BCUT2D eigenvalue weighted by molar-refractivity contribution is 5.54. The molecule has 5 aromatic rings. The van der Waals surface area contributed by atoms with Crippen molar-refractivity contribution in [1.29, 1.82) is 0 Å². The van der Waals surface area contributed by atoms with Crippen LogP contribution in [0, 0.1) is 59.0 Å².